The van der Waals surface area contributed by atoms with Crippen LogP contribution in [0.4, 0.5) is 0 Å². The van der Waals surface area contributed by atoms with Gasteiger partial charge in [-0.25, -0.2) is 10.0 Å². The Kier molecular flexibility index (Phi) is 4.45. The lowest BCUT2D eigenvalue weighted by Gasteiger charge is -2.45. The van der Waals surface area contributed by atoms with Gasteiger partial charge in [-0.15, -0.1) is 0 Å². The normalized spacial score (nSPS) is 30.6. The second-order valence-electron chi connectivity index (χ2n) is 5.12. The molecule has 0 saturated carbocycles. The molecule has 88 valence electrons. The van der Waals surface area contributed by atoms with E-state index < -0.39 is 0 Å². The van der Waals surface area contributed by atoms with E-state index in [-0.39, 0.29) is 0 Å². The first-order valence-corrected chi connectivity index (χ1v) is 6.93. The van der Waals surface area contributed by atoms with Crippen molar-refractivity contribution in [1.29, 1.82) is 0 Å². The molecule has 2 heteroatoms. The van der Waals surface area contributed by atoms with E-state index in [9.17, 15) is 0 Å². The summed E-state index contributed by atoms with van der Waals surface area (Å²) in [4.78, 5) is 0. The fraction of sp³-hybridized carbons (Fsp3) is 1.00. The minimum atomic E-state index is 0.863. The summed E-state index contributed by atoms with van der Waals surface area (Å²) < 4.78 is 0. The zero-order chi connectivity index (χ0) is 10.5. The maximum atomic E-state index is 2.71. The van der Waals surface area contributed by atoms with Gasteiger partial charge >= 0.3 is 0 Å². The molecule has 2 aliphatic rings. The van der Waals surface area contributed by atoms with Gasteiger partial charge in [0.2, 0.25) is 0 Å². The van der Waals surface area contributed by atoms with Crippen LogP contribution in [0.3, 0.4) is 0 Å². The largest absolute Gasteiger partial charge is 0.242 e. The number of rotatable bonds is 3. The van der Waals surface area contributed by atoms with Crippen LogP contribution in [0.1, 0.15) is 58.3 Å². The molecule has 2 saturated heterocycles. The van der Waals surface area contributed by atoms with Gasteiger partial charge < -0.3 is 0 Å². The molecule has 1 atom stereocenters. The molecule has 2 heterocycles. The maximum Gasteiger partial charge on any atom is 0.0245 e. The van der Waals surface area contributed by atoms with E-state index in [0.717, 1.165) is 6.04 Å². The van der Waals surface area contributed by atoms with Gasteiger partial charge in [-0.05, 0) is 32.1 Å². The molecule has 0 aliphatic carbocycles. The molecule has 0 N–H and O–H groups in total. The first-order chi connectivity index (χ1) is 7.42. The van der Waals surface area contributed by atoms with Gasteiger partial charge in [0.15, 0.2) is 0 Å². The molecule has 0 aromatic rings. The summed E-state index contributed by atoms with van der Waals surface area (Å²) in [5.41, 5.74) is 0. The number of hydrogen-bond donors (Lipinski definition) is 0. The second kappa shape index (κ2) is 5.86. The highest BCUT2D eigenvalue weighted by Crippen LogP contribution is 2.24. The molecule has 0 spiro atoms. The van der Waals surface area contributed by atoms with Crippen LogP contribution in [-0.2, 0) is 0 Å². The van der Waals surface area contributed by atoms with Crippen molar-refractivity contribution < 1.29 is 0 Å². The van der Waals surface area contributed by atoms with E-state index in [1.165, 1.54) is 71.0 Å². The van der Waals surface area contributed by atoms with Crippen LogP contribution in [0.15, 0.2) is 0 Å². The van der Waals surface area contributed by atoms with Crippen LogP contribution in [0.2, 0.25) is 0 Å². The molecule has 0 aromatic carbocycles. The monoisotopic (exact) mass is 210 g/mol. The Bertz CT molecular complexity index is 163. The van der Waals surface area contributed by atoms with Gasteiger partial charge in [-0.1, -0.05) is 26.2 Å². The Morgan fingerprint density at radius 1 is 0.933 bits per heavy atom. The molecule has 15 heavy (non-hydrogen) atoms. The van der Waals surface area contributed by atoms with Crippen LogP contribution in [-0.4, -0.2) is 35.7 Å². The van der Waals surface area contributed by atoms with E-state index in [1.807, 2.05) is 0 Å². The van der Waals surface area contributed by atoms with Crippen molar-refractivity contribution in [2.45, 2.75) is 64.3 Å². The second-order valence-corrected chi connectivity index (χ2v) is 5.12. The smallest absolute Gasteiger partial charge is 0.0245 e. The summed E-state index contributed by atoms with van der Waals surface area (Å²) in [7, 11) is 0. The molecule has 0 amide bonds. The summed E-state index contributed by atoms with van der Waals surface area (Å²) >= 11 is 0. The van der Waals surface area contributed by atoms with Crippen molar-refractivity contribution in [2.24, 2.45) is 0 Å². The zero-order valence-electron chi connectivity index (χ0n) is 10.2. The highest BCUT2D eigenvalue weighted by molar-refractivity contribution is 4.76. The van der Waals surface area contributed by atoms with Crippen molar-refractivity contribution in [3.8, 4) is 0 Å². The Labute approximate surface area is 94.6 Å². The van der Waals surface area contributed by atoms with Crippen LogP contribution in [0.5, 0.6) is 0 Å². The number of hydrogen-bond acceptors (Lipinski definition) is 2. The molecule has 0 aromatic heterocycles. The van der Waals surface area contributed by atoms with Crippen molar-refractivity contribution in [1.82, 2.24) is 10.0 Å². The molecule has 2 rings (SSSR count). The third kappa shape index (κ3) is 2.94. The summed E-state index contributed by atoms with van der Waals surface area (Å²) in [6.07, 6.45) is 11.3. The van der Waals surface area contributed by atoms with Crippen molar-refractivity contribution >= 4 is 0 Å². The van der Waals surface area contributed by atoms with E-state index in [0.29, 0.717) is 0 Å². The first kappa shape index (κ1) is 11.4. The van der Waals surface area contributed by atoms with E-state index >= 15 is 0 Å². The molecular weight excluding hydrogens is 184 g/mol. The third-order valence-electron chi connectivity index (χ3n) is 3.91. The Morgan fingerprint density at radius 3 is 2.40 bits per heavy atom. The molecular formula is C13H26N2. The quantitative estimate of drug-likeness (QED) is 0.706. The summed E-state index contributed by atoms with van der Waals surface area (Å²) in [5, 5.41) is 5.37. The SMILES string of the molecule is CCCC1CCCCN1N1CCCCC1. The molecule has 2 nitrogen and oxygen atoms in total. The zero-order valence-corrected chi connectivity index (χ0v) is 10.2. The van der Waals surface area contributed by atoms with Gasteiger partial charge in [-0.3, -0.25) is 0 Å². The van der Waals surface area contributed by atoms with Gasteiger partial charge in [-0.2, -0.15) is 0 Å². The molecule has 1 unspecified atom stereocenters. The minimum absolute atomic E-state index is 0.863. The average Bonchev–Trinajstić information content (AvgIpc) is 2.31. The first-order valence-electron chi connectivity index (χ1n) is 6.93. The third-order valence-corrected chi connectivity index (χ3v) is 3.91. The fourth-order valence-corrected chi connectivity index (χ4v) is 3.12. The van der Waals surface area contributed by atoms with E-state index in [2.05, 4.69) is 16.9 Å². The molecule has 2 fully saturated rings. The van der Waals surface area contributed by atoms with Crippen LogP contribution >= 0.6 is 0 Å². The molecule has 2 aliphatic heterocycles. The lowest BCUT2D eigenvalue weighted by molar-refractivity contribution is -0.0906. The average molecular weight is 210 g/mol. The van der Waals surface area contributed by atoms with Crippen LogP contribution in [0.25, 0.3) is 0 Å². The maximum absolute atomic E-state index is 2.71. The highest BCUT2D eigenvalue weighted by atomic mass is 15.6. The number of hydrazine groups is 1. The fourth-order valence-electron chi connectivity index (χ4n) is 3.12. The predicted octanol–water partition coefficient (Wildman–Crippen LogP) is 3.04. The van der Waals surface area contributed by atoms with Gasteiger partial charge in [0.1, 0.15) is 0 Å². The van der Waals surface area contributed by atoms with Crippen LogP contribution < -0.4 is 0 Å². The number of piperidine rings is 2. The topological polar surface area (TPSA) is 6.48 Å². The van der Waals surface area contributed by atoms with Crippen molar-refractivity contribution in [2.75, 3.05) is 19.6 Å². The standard InChI is InChI=1S/C13H26N2/c1-2-8-13-9-4-7-12-15(13)14-10-5-3-6-11-14/h13H,2-12H2,1H3. The molecule has 0 radical (unpaired) electrons. The van der Waals surface area contributed by atoms with Crippen molar-refractivity contribution in [3.05, 3.63) is 0 Å². The predicted molar refractivity (Wildman–Crippen MR) is 64.7 cm³/mol. The van der Waals surface area contributed by atoms with Gasteiger partial charge in [0.05, 0.1) is 0 Å². The van der Waals surface area contributed by atoms with Crippen LogP contribution in [0, 0.1) is 0 Å². The Balaban J connectivity index is 1.90. The summed E-state index contributed by atoms with van der Waals surface area (Å²) in [6.45, 7) is 6.29. The van der Waals surface area contributed by atoms with Gasteiger partial charge in [0.25, 0.3) is 0 Å². The number of nitrogens with zero attached hydrogens (tertiary/aromatic N) is 2. The summed E-state index contributed by atoms with van der Waals surface area (Å²) in [5.74, 6) is 0. The van der Waals surface area contributed by atoms with E-state index in [1.54, 1.807) is 0 Å². The Hall–Kier alpha value is -0.0800. The summed E-state index contributed by atoms with van der Waals surface area (Å²) in [6, 6.07) is 0.863. The lowest BCUT2D eigenvalue weighted by Crippen LogP contribution is -2.52. The van der Waals surface area contributed by atoms with E-state index in [4.69, 9.17) is 0 Å². The van der Waals surface area contributed by atoms with Crippen molar-refractivity contribution in [3.63, 3.8) is 0 Å². The minimum Gasteiger partial charge on any atom is -0.242 e. The Morgan fingerprint density at radius 2 is 1.67 bits per heavy atom. The lowest BCUT2D eigenvalue weighted by atomic mass is 9.99. The highest BCUT2D eigenvalue weighted by Gasteiger charge is 2.27. The molecule has 0 bridgehead atoms. The van der Waals surface area contributed by atoms with Gasteiger partial charge in [0, 0.05) is 25.7 Å².